The summed E-state index contributed by atoms with van der Waals surface area (Å²) in [6.07, 6.45) is 14.6. The molecule has 0 atom stereocenters. The third kappa shape index (κ3) is 6.84. The highest BCUT2D eigenvalue weighted by atomic mass is 35.5. The number of carbonyl (C=O) groups is 1. The number of hydrogen-bond donors (Lipinski definition) is 2. The van der Waals surface area contributed by atoms with E-state index < -0.39 is 5.41 Å². The van der Waals surface area contributed by atoms with E-state index in [-0.39, 0.29) is 11.7 Å². The number of carbonyl (C=O) groups excluding carboxylic acids is 1. The summed E-state index contributed by atoms with van der Waals surface area (Å²) in [5, 5.41) is 2.93. The highest BCUT2D eigenvalue weighted by Crippen LogP contribution is 2.47. The van der Waals surface area contributed by atoms with Gasteiger partial charge in [0, 0.05) is 17.5 Å². The number of rotatable bonds is 13. The molecule has 1 aliphatic carbocycles. The second kappa shape index (κ2) is 11.3. The number of benzene rings is 1. The van der Waals surface area contributed by atoms with Gasteiger partial charge in [-0.1, -0.05) is 70.4 Å². The van der Waals surface area contributed by atoms with Crippen molar-refractivity contribution in [2.45, 2.75) is 84.0 Å². The Hall–Kier alpha value is -1.55. The predicted molar refractivity (Wildman–Crippen MR) is 115 cm³/mol. The van der Waals surface area contributed by atoms with Crippen molar-refractivity contribution < 1.29 is 4.79 Å². The lowest BCUT2D eigenvalue weighted by molar-refractivity contribution is -0.119. The Morgan fingerprint density at radius 2 is 1.59 bits per heavy atom. The average molecular weight is 392 g/mol. The molecule has 1 aliphatic rings. The second-order valence-corrected chi connectivity index (χ2v) is 7.95. The third-order valence-corrected chi connectivity index (χ3v) is 5.73. The topological polar surface area (TPSA) is 67.5 Å². The summed E-state index contributed by atoms with van der Waals surface area (Å²) >= 11 is 5.44. The zero-order valence-electron chi connectivity index (χ0n) is 16.6. The minimum Gasteiger partial charge on any atom is -0.385 e. The maximum atomic E-state index is 12.4. The number of halogens is 1. The van der Waals surface area contributed by atoms with Gasteiger partial charge in [-0.15, -0.1) is 0 Å². The molecule has 1 amide bonds. The van der Waals surface area contributed by atoms with Crippen LogP contribution in [0.2, 0.25) is 0 Å². The number of nitrogens with one attached hydrogen (secondary N) is 1. The minimum atomic E-state index is -0.697. The first-order valence-corrected chi connectivity index (χ1v) is 10.8. The van der Waals surface area contributed by atoms with Gasteiger partial charge in [0.25, 0.3) is 0 Å². The van der Waals surface area contributed by atoms with Crippen molar-refractivity contribution in [2.24, 2.45) is 15.7 Å². The van der Waals surface area contributed by atoms with Crippen molar-refractivity contribution in [3.63, 3.8) is 0 Å². The lowest BCUT2D eigenvalue weighted by atomic mass is 10.0. The van der Waals surface area contributed by atoms with Gasteiger partial charge in [-0.3, -0.25) is 4.79 Å². The summed E-state index contributed by atoms with van der Waals surface area (Å²) in [5.41, 5.74) is 7.19. The van der Waals surface area contributed by atoms with Crippen molar-refractivity contribution in [1.82, 2.24) is 0 Å². The van der Waals surface area contributed by atoms with Crippen LogP contribution in [0.25, 0.3) is 0 Å². The van der Waals surface area contributed by atoms with Gasteiger partial charge in [0.1, 0.15) is 11.3 Å². The van der Waals surface area contributed by atoms with Crippen LogP contribution in [0, 0.1) is 5.41 Å². The van der Waals surface area contributed by atoms with Crippen LogP contribution in [0.4, 0.5) is 5.69 Å². The fraction of sp³-hybridized carbons (Fsp3) is 0.636. The monoisotopic (exact) mass is 391 g/mol. The second-order valence-electron chi connectivity index (χ2n) is 7.78. The number of amidine groups is 1. The molecule has 1 aromatic rings. The van der Waals surface area contributed by atoms with Crippen molar-refractivity contribution in [3.05, 3.63) is 29.8 Å². The standard InChI is InChI=1S/C22H34ClN3O/c1-2-3-4-5-6-7-8-9-10-11-18-12-14-19(15-13-18)25-21(27)22(16-17-22)20(24)26-23/h12-15H,2-11,16-17H2,1H3,(H2,24,26)(H,25,27). The normalized spacial score (nSPS) is 15.6. The summed E-state index contributed by atoms with van der Waals surface area (Å²) in [6, 6.07) is 8.12. The zero-order chi connectivity index (χ0) is 19.5. The molecule has 0 bridgehead atoms. The molecular formula is C22H34ClN3O. The van der Waals surface area contributed by atoms with Gasteiger partial charge in [0.2, 0.25) is 5.91 Å². The number of nitrogens with two attached hydrogens (primary N) is 1. The van der Waals surface area contributed by atoms with Gasteiger partial charge in [-0.05, 0) is 43.4 Å². The van der Waals surface area contributed by atoms with Gasteiger partial charge in [0.15, 0.2) is 0 Å². The number of hydrogen-bond acceptors (Lipinski definition) is 2. The van der Waals surface area contributed by atoms with E-state index >= 15 is 0 Å². The van der Waals surface area contributed by atoms with Crippen LogP contribution in [0.5, 0.6) is 0 Å². The molecule has 5 heteroatoms. The summed E-state index contributed by atoms with van der Waals surface area (Å²) in [4.78, 5) is 12.4. The molecule has 1 aromatic carbocycles. The number of anilines is 1. The smallest absolute Gasteiger partial charge is 0.238 e. The molecule has 150 valence electrons. The van der Waals surface area contributed by atoms with Crippen molar-refractivity contribution in [3.8, 4) is 0 Å². The third-order valence-electron chi connectivity index (χ3n) is 5.55. The fourth-order valence-corrected chi connectivity index (χ4v) is 3.61. The Balaban J connectivity index is 1.63. The quantitative estimate of drug-likeness (QED) is 0.246. The molecule has 27 heavy (non-hydrogen) atoms. The van der Waals surface area contributed by atoms with E-state index in [1.165, 1.54) is 63.4 Å². The molecule has 1 saturated carbocycles. The van der Waals surface area contributed by atoms with Crippen LogP contribution in [-0.2, 0) is 11.2 Å². The Kier molecular flexibility index (Phi) is 9.12. The zero-order valence-corrected chi connectivity index (χ0v) is 17.4. The van der Waals surface area contributed by atoms with Crippen LogP contribution in [0.1, 0.15) is 83.1 Å². The van der Waals surface area contributed by atoms with E-state index in [0.717, 1.165) is 12.1 Å². The summed E-state index contributed by atoms with van der Waals surface area (Å²) < 4.78 is 3.48. The molecule has 0 aliphatic heterocycles. The highest BCUT2D eigenvalue weighted by molar-refractivity contribution is 6.24. The van der Waals surface area contributed by atoms with E-state index in [1.807, 2.05) is 12.1 Å². The van der Waals surface area contributed by atoms with Crippen molar-refractivity contribution >= 4 is 29.2 Å². The van der Waals surface area contributed by atoms with E-state index in [9.17, 15) is 4.79 Å². The van der Waals surface area contributed by atoms with Gasteiger partial charge < -0.3 is 11.1 Å². The first kappa shape index (κ1) is 21.7. The minimum absolute atomic E-state index is 0.115. The molecule has 0 saturated heterocycles. The van der Waals surface area contributed by atoms with Gasteiger partial charge in [-0.2, -0.15) is 4.51 Å². The molecule has 1 fully saturated rings. The first-order valence-electron chi connectivity index (χ1n) is 10.5. The van der Waals surface area contributed by atoms with Crippen molar-refractivity contribution in [2.75, 3.05) is 5.32 Å². The first-order chi connectivity index (χ1) is 13.1. The maximum absolute atomic E-state index is 12.4. The Labute approximate surface area is 169 Å². The van der Waals surface area contributed by atoms with Gasteiger partial charge in [0.05, 0.1) is 0 Å². The number of amides is 1. The largest absolute Gasteiger partial charge is 0.385 e. The van der Waals surface area contributed by atoms with Crippen LogP contribution < -0.4 is 11.1 Å². The van der Waals surface area contributed by atoms with E-state index in [2.05, 4.69) is 28.9 Å². The van der Waals surface area contributed by atoms with Gasteiger partial charge >= 0.3 is 0 Å². The molecule has 0 aromatic heterocycles. The SMILES string of the molecule is CCCCCCCCCCCc1ccc(NC(=O)C2(/C(N)=N/Cl)CC2)cc1. The Bertz CT molecular complexity index is 608. The molecular weight excluding hydrogens is 358 g/mol. The van der Waals surface area contributed by atoms with Gasteiger partial charge in [-0.25, -0.2) is 0 Å². The Morgan fingerprint density at radius 3 is 2.11 bits per heavy atom. The molecule has 0 unspecified atom stereocenters. The van der Waals surface area contributed by atoms with Crippen LogP contribution >= 0.6 is 11.8 Å². The number of nitrogens with zero attached hydrogens (tertiary/aromatic N) is 1. The summed E-state index contributed by atoms with van der Waals surface area (Å²) in [6.45, 7) is 2.26. The highest BCUT2D eigenvalue weighted by Gasteiger charge is 2.53. The van der Waals surface area contributed by atoms with E-state index in [0.29, 0.717) is 12.8 Å². The number of unbranched alkanes of at least 4 members (excludes halogenated alkanes) is 8. The van der Waals surface area contributed by atoms with Crippen molar-refractivity contribution in [1.29, 1.82) is 0 Å². The average Bonchev–Trinajstić information content (AvgIpc) is 3.49. The molecule has 0 heterocycles. The Morgan fingerprint density at radius 1 is 1.04 bits per heavy atom. The lowest BCUT2D eigenvalue weighted by Crippen LogP contribution is -2.36. The van der Waals surface area contributed by atoms with E-state index in [1.54, 1.807) is 0 Å². The maximum Gasteiger partial charge on any atom is 0.238 e. The predicted octanol–water partition coefficient (Wildman–Crippen LogP) is 5.99. The number of aryl methyl sites for hydroxylation is 1. The molecule has 4 nitrogen and oxygen atoms in total. The molecule has 2 rings (SSSR count). The molecule has 0 spiro atoms. The van der Waals surface area contributed by atoms with E-state index in [4.69, 9.17) is 17.5 Å². The summed E-state index contributed by atoms with van der Waals surface area (Å²) in [7, 11) is 0. The van der Waals surface area contributed by atoms with Crippen LogP contribution in [0.15, 0.2) is 28.8 Å². The van der Waals surface area contributed by atoms with Crippen LogP contribution in [0.3, 0.4) is 0 Å². The van der Waals surface area contributed by atoms with Crippen LogP contribution in [-0.4, -0.2) is 11.7 Å². The lowest BCUT2D eigenvalue weighted by Gasteiger charge is -2.14. The molecule has 3 N–H and O–H groups in total. The molecule has 0 radical (unpaired) electrons. The fourth-order valence-electron chi connectivity index (χ4n) is 3.45. The summed E-state index contributed by atoms with van der Waals surface area (Å²) in [5.74, 6) is 0.0970.